The molecule has 0 aliphatic carbocycles. The largest absolute Gasteiger partial charge is 0.324 e. The van der Waals surface area contributed by atoms with Crippen molar-refractivity contribution >= 4 is 9.84 Å². The molecule has 2 N–H and O–H groups in total. The molecule has 0 radical (unpaired) electrons. The van der Waals surface area contributed by atoms with E-state index < -0.39 is 9.84 Å². The van der Waals surface area contributed by atoms with Gasteiger partial charge in [-0.05, 0) is 43.4 Å². The average molecular weight is 255 g/mol. The van der Waals surface area contributed by atoms with Crippen molar-refractivity contribution in [1.29, 1.82) is 0 Å². The molecule has 0 aromatic heterocycles. The third-order valence-electron chi connectivity index (χ3n) is 3.08. The second-order valence-electron chi connectivity index (χ2n) is 4.67. The van der Waals surface area contributed by atoms with Gasteiger partial charge in [0, 0.05) is 18.1 Å². The molecule has 0 saturated heterocycles. The average Bonchev–Trinajstić information content (AvgIpc) is 2.20. The molecule has 0 spiro atoms. The molecule has 1 aromatic carbocycles. The first-order chi connectivity index (χ1) is 7.81. The highest BCUT2D eigenvalue weighted by Gasteiger charge is 2.11. The number of hydrogen-bond acceptors (Lipinski definition) is 3. The molecule has 3 nitrogen and oxygen atoms in total. The molecule has 0 aliphatic rings. The van der Waals surface area contributed by atoms with E-state index >= 15 is 0 Å². The third kappa shape index (κ3) is 4.48. The van der Waals surface area contributed by atoms with Crippen LogP contribution >= 0.6 is 0 Å². The molecule has 1 aromatic rings. The Bertz CT molecular complexity index is 480. The Hall–Kier alpha value is -0.870. The SMILES string of the molecule is Cc1cccc(C(N)CCCS(C)(=O)=O)c1C. The van der Waals surface area contributed by atoms with Gasteiger partial charge in [0.2, 0.25) is 0 Å². The summed E-state index contributed by atoms with van der Waals surface area (Å²) < 4.78 is 22.1. The van der Waals surface area contributed by atoms with Crippen LogP contribution in [0.25, 0.3) is 0 Å². The van der Waals surface area contributed by atoms with Crippen LogP contribution in [0.4, 0.5) is 0 Å². The lowest BCUT2D eigenvalue weighted by atomic mass is 9.95. The summed E-state index contributed by atoms with van der Waals surface area (Å²) in [5, 5.41) is 0. The van der Waals surface area contributed by atoms with Crippen molar-refractivity contribution < 1.29 is 8.42 Å². The van der Waals surface area contributed by atoms with Crippen LogP contribution in [0.3, 0.4) is 0 Å². The Morgan fingerprint density at radius 2 is 1.94 bits per heavy atom. The van der Waals surface area contributed by atoms with Crippen LogP contribution in [0.15, 0.2) is 18.2 Å². The second-order valence-corrected chi connectivity index (χ2v) is 6.93. The van der Waals surface area contributed by atoms with Crippen LogP contribution < -0.4 is 5.73 Å². The van der Waals surface area contributed by atoms with Crippen LogP contribution in [0, 0.1) is 13.8 Å². The first kappa shape index (κ1) is 14.2. The summed E-state index contributed by atoms with van der Waals surface area (Å²) in [6, 6.07) is 6.00. The summed E-state index contributed by atoms with van der Waals surface area (Å²) in [6.07, 6.45) is 2.58. The van der Waals surface area contributed by atoms with E-state index in [1.54, 1.807) is 0 Å². The lowest BCUT2D eigenvalue weighted by Crippen LogP contribution is -2.14. The normalized spacial score (nSPS) is 13.6. The summed E-state index contributed by atoms with van der Waals surface area (Å²) >= 11 is 0. The van der Waals surface area contributed by atoms with E-state index in [2.05, 4.69) is 19.9 Å². The number of nitrogens with two attached hydrogens (primary N) is 1. The molecule has 0 saturated carbocycles. The van der Waals surface area contributed by atoms with Gasteiger partial charge in [0.15, 0.2) is 0 Å². The first-order valence-corrected chi connectivity index (χ1v) is 7.87. The van der Waals surface area contributed by atoms with E-state index in [1.807, 2.05) is 12.1 Å². The number of rotatable bonds is 5. The maximum Gasteiger partial charge on any atom is 0.147 e. The van der Waals surface area contributed by atoms with Gasteiger partial charge in [-0.3, -0.25) is 0 Å². The molecule has 0 amide bonds. The highest BCUT2D eigenvalue weighted by atomic mass is 32.2. The molecular weight excluding hydrogens is 234 g/mol. The van der Waals surface area contributed by atoms with Gasteiger partial charge in [0.1, 0.15) is 9.84 Å². The molecule has 96 valence electrons. The van der Waals surface area contributed by atoms with Crippen molar-refractivity contribution in [1.82, 2.24) is 0 Å². The van der Waals surface area contributed by atoms with Crippen molar-refractivity contribution in [2.75, 3.05) is 12.0 Å². The molecule has 4 heteroatoms. The fourth-order valence-electron chi connectivity index (χ4n) is 1.90. The zero-order valence-corrected chi connectivity index (χ0v) is 11.5. The lowest BCUT2D eigenvalue weighted by molar-refractivity contribution is 0.587. The van der Waals surface area contributed by atoms with Crippen LogP contribution in [0.2, 0.25) is 0 Å². The van der Waals surface area contributed by atoms with E-state index in [1.165, 1.54) is 17.4 Å². The quantitative estimate of drug-likeness (QED) is 0.876. The molecule has 1 atom stereocenters. The maximum absolute atomic E-state index is 11.0. The van der Waals surface area contributed by atoms with Gasteiger partial charge in [0.25, 0.3) is 0 Å². The van der Waals surface area contributed by atoms with Crippen LogP contribution in [0.5, 0.6) is 0 Å². The van der Waals surface area contributed by atoms with Gasteiger partial charge in [0.05, 0.1) is 0 Å². The van der Waals surface area contributed by atoms with Gasteiger partial charge < -0.3 is 5.73 Å². The van der Waals surface area contributed by atoms with Gasteiger partial charge in [-0.15, -0.1) is 0 Å². The Morgan fingerprint density at radius 1 is 1.29 bits per heavy atom. The third-order valence-corrected chi connectivity index (χ3v) is 4.11. The molecule has 0 fully saturated rings. The Labute approximate surface area is 104 Å². The molecule has 1 unspecified atom stereocenters. The molecular formula is C13H21NO2S. The van der Waals surface area contributed by atoms with Crippen molar-refractivity contribution in [2.24, 2.45) is 5.73 Å². The van der Waals surface area contributed by atoms with Gasteiger partial charge in [-0.1, -0.05) is 18.2 Å². The molecule has 17 heavy (non-hydrogen) atoms. The number of sulfone groups is 1. The molecule has 1 rings (SSSR count). The summed E-state index contributed by atoms with van der Waals surface area (Å²) in [6.45, 7) is 4.11. The number of benzene rings is 1. The van der Waals surface area contributed by atoms with Gasteiger partial charge >= 0.3 is 0 Å². The first-order valence-electron chi connectivity index (χ1n) is 5.80. The molecule has 0 heterocycles. The van der Waals surface area contributed by atoms with E-state index in [0.29, 0.717) is 12.8 Å². The highest BCUT2D eigenvalue weighted by molar-refractivity contribution is 7.90. The minimum absolute atomic E-state index is 0.0725. The second kappa shape index (κ2) is 5.65. The van der Waals surface area contributed by atoms with E-state index in [-0.39, 0.29) is 11.8 Å². The zero-order valence-electron chi connectivity index (χ0n) is 10.7. The standard InChI is InChI=1S/C13H21NO2S/c1-10-6-4-7-12(11(10)2)13(14)8-5-9-17(3,15)16/h4,6-7,13H,5,8-9,14H2,1-3H3. The molecule has 0 aliphatic heterocycles. The van der Waals surface area contributed by atoms with Crippen molar-refractivity contribution in [3.63, 3.8) is 0 Å². The topological polar surface area (TPSA) is 60.2 Å². The van der Waals surface area contributed by atoms with Crippen LogP contribution in [0.1, 0.15) is 35.6 Å². The predicted octanol–water partition coefficient (Wildman–Crippen LogP) is 2.13. The van der Waals surface area contributed by atoms with E-state index in [0.717, 1.165) is 5.56 Å². The van der Waals surface area contributed by atoms with Crippen molar-refractivity contribution in [3.8, 4) is 0 Å². The van der Waals surface area contributed by atoms with Crippen LogP contribution in [-0.4, -0.2) is 20.4 Å². The number of aryl methyl sites for hydroxylation is 1. The Balaban J connectivity index is 2.64. The fraction of sp³-hybridized carbons (Fsp3) is 0.538. The number of hydrogen-bond donors (Lipinski definition) is 1. The summed E-state index contributed by atoms with van der Waals surface area (Å²) in [5.41, 5.74) is 9.65. The molecule has 0 bridgehead atoms. The fourth-order valence-corrected chi connectivity index (χ4v) is 2.59. The Morgan fingerprint density at radius 3 is 2.53 bits per heavy atom. The predicted molar refractivity (Wildman–Crippen MR) is 71.8 cm³/mol. The smallest absolute Gasteiger partial charge is 0.147 e. The van der Waals surface area contributed by atoms with Crippen LogP contribution in [-0.2, 0) is 9.84 Å². The zero-order chi connectivity index (χ0) is 13.1. The lowest BCUT2D eigenvalue weighted by Gasteiger charge is -2.15. The summed E-state index contributed by atoms with van der Waals surface area (Å²) in [7, 11) is -2.88. The summed E-state index contributed by atoms with van der Waals surface area (Å²) in [4.78, 5) is 0. The Kier molecular flexibility index (Phi) is 4.71. The van der Waals surface area contributed by atoms with Crippen molar-refractivity contribution in [3.05, 3.63) is 34.9 Å². The van der Waals surface area contributed by atoms with E-state index in [4.69, 9.17) is 5.73 Å². The van der Waals surface area contributed by atoms with E-state index in [9.17, 15) is 8.42 Å². The van der Waals surface area contributed by atoms with Gasteiger partial charge in [-0.2, -0.15) is 0 Å². The maximum atomic E-state index is 11.0. The monoisotopic (exact) mass is 255 g/mol. The van der Waals surface area contributed by atoms with Crippen molar-refractivity contribution in [2.45, 2.75) is 32.7 Å². The highest BCUT2D eigenvalue weighted by Crippen LogP contribution is 2.22. The summed E-state index contributed by atoms with van der Waals surface area (Å²) in [5.74, 6) is 0.214. The minimum atomic E-state index is -2.88. The van der Waals surface area contributed by atoms with Gasteiger partial charge in [-0.25, -0.2) is 8.42 Å². The minimum Gasteiger partial charge on any atom is -0.324 e.